The van der Waals surface area contributed by atoms with Gasteiger partial charge in [-0.2, -0.15) is 4.98 Å². The van der Waals surface area contributed by atoms with Crippen molar-refractivity contribution in [1.29, 1.82) is 0 Å². The Morgan fingerprint density at radius 1 is 1.08 bits per heavy atom. The zero-order valence-electron chi connectivity index (χ0n) is 23.0. The van der Waals surface area contributed by atoms with E-state index in [4.69, 9.17) is 15.2 Å². The van der Waals surface area contributed by atoms with Crippen LogP contribution in [0.3, 0.4) is 0 Å². The number of amides is 2. The monoisotopic (exact) mass is 519 g/mol. The van der Waals surface area contributed by atoms with Crippen LogP contribution in [-0.4, -0.2) is 36.3 Å². The number of hydrogen-bond acceptors (Lipinski definition) is 6. The van der Waals surface area contributed by atoms with Crippen molar-refractivity contribution in [2.24, 2.45) is 5.73 Å². The van der Waals surface area contributed by atoms with Gasteiger partial charge in [-0.15, -0.1) is 0 Å². The molecule has 0 fully saturated rings. The number of rotatable bonds is 9. The summed E-state index contributed by atoms with van der Waals surface area (Å²) in [6.45, 7) is 9.37. The van der Waals surface area contributed by atoms with Crippen molar-refractivity contribution in [3.8, 4) is 22.8 Å². The minimum absolute atomic E-state index is 0.257. The number of ether oxygens (including phenoxy) is 2. The van der Waals surface area contributed by atoms with Gasteiger partial charge in [0.15, 0.2) is 11.5 Å². The number of fused-ring (bicyclic) bond motifs is 3. The molecule has 38 heavy (non-hydrogen) atoms. The summed E-state index contributed by atoms with van der Waals surface area (Å²) >= 11 is 0. The van der Waals surface area contributed by atoms with Crippen molar-refractivity contribution >= 4 is 17.5 Å². The first kappa shape index (κ1) is 27.0. The Kier molecular flexibility index (Phi) is 7.94. The van der Waals surface area contributed by atoms with E-state index >= 15 is 0 Å². The van der Waals surface area contributed by atoms with Crippen molar-refractivity contribution in [3.05, 3.63) is 63.1 Å². The predicted octanol–water partition coefficient (Wildman–Crippen LogP) is 4.68. The summed E-state index contributed by atoms with van der Waals surface area (Å²) in [7, 11) is 3.20. The van der Waals surface area contributed by atoms with E-state index < -0.39 is 6.03 Å². The Hall–Kier alpha value is -4.01. The van der Waals surface area contributed by atoms with Crippen LogP contribution in [0.2, 0.25) is 0 Å². The highest BCUT2D eigenvalue weighted by Gasteiger charge is 2.27. The van der Waals surface area contributed by atoms with Crippen LogP contribution in [0.25, 0.3) is 11.3 Å². The summed E-state index contributed by atoms with van der Waals surface area (Å²) in [6.07, 6.45) is 1.08. The molecule has 0 spiro atoms. The lowest BCUT2D eigenvalue weighted by Gasteiger charge is -2.28. The average molecular weight is 520 g/mol. The fourth-order valence-corrected chi connectivity index (χ4v) is 5.15. The second kappa shape index (κ2) is 11.2. The van der Waals surface area contributed by atoms with Crippen LogP contribution >= 0.6 is 0 Å². The van der Waals surface area contributed by atoms with Crippen LogP contribution in [0, 0.1) is 0 Å². The number of para-hydroxylation sites is 1. The van der Waals surface area contributed by atoms with Gasteiger partial charge in [-0.1, -0.05) is 45.9 Å². The van der Waals surface area contributed by atoms with E-state index in [0.29, 0.717) is 43.2 Å². The zero-order chi connectivity index (χ0) is 27.6. The number of nitrogens with two attached hydrogens (primary N) is 1. The van der Waals surface area contributed by atoms with Crippen molar-refractivity contribution in [2.45, 2.75) is 58.9 Å². The third kappa shape index (κ3) is 5.18. The van der Waals surface area contributed by atoms with E-state index in [1.807, 2.05) is 12.1 Å². The maximum atomic E-state index is 13.4. The number of carbonyl (C=O) groups is 1. The van der Waals surface area contributed by atoms with Crippen molar-refractivity contribution in [1.82, 2.24) is 14.9 Å². The summed E-state index contributed by atoms with van der Waals surface area (Å²) in [5, 5.41) is 6.24. The van der Waals surface area contributed by atoms with E-state index in [1.165, 1.54) is 0 Å². The number of anilines is 2. The molecule has 1 aliphatic rings. The zero-order valence-corrected chi connectivity index (χ0v) is 23.0. The number of nitrogens with one attached hydrogen (secondary N) is 2. The second-order valence-electron chi connectivity index (χ2n) is 10.1. The van der Waals surface area contributed by atoms with Crippen LogP contribution in [0.1, 0.15) is 61.8 Å². The van der Waals surface area contributed by atoms with Gasteiger partial charge >= 0.3 is 11.7 Å². The summed E-state index contributed by atoms with van der Waals surface area (Å²) in [5.41, 5.74) is 11.8. The Balaban J connectivity index is 1.97. The Labute approximate surface area is 223 Å². The fourth-order valence-electron chi connectivity index (χ4n) is 5.15. The number of aryl methyl sites for hydroxylation is 1. The molecule has 0 radical (unpaired) electrons. The number of primary amides is 1. The molecule has 0 aliphatic carbocycles. The molecule has 4 N–H and O–H groups in total. The van der Waals surface area contributed by atoms with E-state index in [1.54, 1.807) is 18.8 Å². The van der Waals surface area contributed by atoms with Gasteiger partial charge in [0.25, 0.3) is 0 Å². The Morgan fingerprint density at radius 2 is 1.71 bits per heavy atom. The van der Waals surface area contributed by atoms with Gasteiger partial charge in [-0.3, -0.25) is 4.57 Å². The lowest BCUT2D eigenvalue weighted by atomic mass is 9.91. The number of urea groups is 1. The summed E-state index contributed by atoms with van der Waals surface area (Å²) in [5.74, 6) is 2.20. The Bertz CT molecular complexity index is 1380. The summed E-state index contributed by atoms with van der Waals surface area (Å²) in [6, 6.07) is 9.55. The number of benzene rings is 2. The topological polar surface area (TPSA) is 121 Å². The van der Waals surface area contributed by atoms with Crippen molar-refractivity contribution in [3.63, 3.8) is 0 Å². The highest BCUT2D eigenvalue weighted by atomic mass is 16.5. The minimum atomic E-state index is -0.603. The van der Waals surface area contributed by atoms with E-state index in [-0.39, 0.29) is 17.5 Å². The van der Waals surface area contributed by atoms with Gasteiger partial charge in [-0.25, -0.2) is 9.59 Å². The van der Waals surface area contributed by atoms with E-state index in [2.05, 4.69) is 61.5 Å². The average Bonchev–Trinajstić information content (AvgIpc) is 2.88. The Morgan fingerprint density at radius 3 is 2.29 bits per heavy atom. The van der Waals surface area contributed by atoms with E-state index in [9.17, 15) is 9.59 Å². The fraction of sp³-hybridized carbons (Fsp3) is 0.414. The molecule has 1 aromatic heterocycles. The van der Waals surface area contributed by atoms with Gasteiger partial charge in [-0.05, 0) is 53.5 Å². The van der Waals surface area contributed by atoms with Gasteiger partial charge in [0.05, 0.1) is 19.9 Å². The molecule has 202 valence electrons. The first-order chi connectivity index (χ1) is 18.2. The smallest absolute Gasteiger partial charge is 0.350 e. The van der Waals surface area contributed by atoms with Crippen molar-refractivity contribution < 1.29 is 14.3 Å². The van der Waals surface area contributed by atoms with Crippen LogP contribution in [0.5, 0.6) is 11.5 Å². The molecule has 9 nitrogen and oxygen atoms in total. The molecule has 2 heterocycles. The maximum Gasteiger partial charge on any atom is 0.350 e. The molecule has 0 bridgehead atoms. The maximum absolute atomic E-state index is 13.4. The third-order valence-corrected chi connectivity index (χ3v) is 7.04. The standard InChI is InChI=1S/C29H37N5O4/c1-16(2)19-8-7-9-20(17(3)4)25(19)32-27-21(10-12-31-28(30)35)26-22-15-24(38-6)23(37-5)14-18(22)11-13-34(26)29(36)33-27/h7-9,14-17H,10-13H2,1-6H3,(H3,30,31,35)(H,32,33,36). The minimum Gasteiger partial charge on any atom is -0.493 e. The van der Waals surface area contributed by atoms with Crippen LogP contribution < -0.4 is 31.5 Å². The molecular weight excluding hydrogens is 482 g/mol. The molecule has 0 unspecified atom stereocenters. The number of aromatic nitrogens is 2. The number of methoxy groups -OCH3 is 2. The normalized spacial score (nSPS) is 12.2. The first-order valence-electron chi connectivity index (χ1n) is 13.0. The largest absolute Gasteiger partial charge is 0.493 e. The predicted molar refractivity (Wildman–Crippen MR) is 150 cm³/mol. The van der Waals surface area contributed by atoms with E-state index in [0.717, 1.165) is 39.2 Å². The molecule has 0 atom stereocenters. The summed E-state index contributed by atoms with van der Waals surface area (Å²) < 4.78 is 12.8. The van der Waals surface area contributed by atoms with Gasteiger partial charge in [0.2, 0.25) is 0 Å². The molecule has 0 saturated heterocycles. The molecule has 2 amide bonds. The lowest BCUT2D eigenvalue weighted by Crippen LogP contribution is -2.34. The van der Waals surface area contributed by atoms with Gasteiger partial charge in [0, 0.05) is 29.9 Å². The first-order valence-corrected chi connectivity index (χ1v) is 13.0. The van der Waals surface area contributed by atoms with Crippen LogP contribution in [-0.2, 0) is 19.4 Å². The highest BCUT2D eigenvalue weighted by Crippen LogP contribution is 2.41. The van der Waals surface area contributed by atoms with Gasteiger partial charge < -0.3 is 25.8 Å². The number of carbonyl (C=O) groups excluding carboxylic acids is 1. The SMILES string of the molecule is COc1cc2c(cc1OC)-c1c(CCNC(N)=O)c(Nc3c(C(C)C)cccc3C(C)C)nc(=O)n1CC2. The second-order valence-corrected chi connectivity index (χ2v) is 10.1. The molecule has 3 aromatic rings. The quantitative estimate of drug-likeness (QED) is 0.377. The molecular formula is C29H37N5O4. The van der Waals surface area contributed by atoms with Crippen molar-refractivity contribution in [2.75, 3.05) is 26.1 Å². The molecule has 4 rings (SSSR count). The molecule has 9 heteroatoms. The highest BCUT2D eigenvalue weighted by molar-refractivity contribution is 5.78. The number of hydrogen-bond donors (Lipinski definition) is 3. The third-order valence-electron chi connectivity index (χ3n) is 7.04. The van der Waals surface area contributed by atoms with Gasteiger partial charge in [0.1, 0.15) is 5.82 Å². The number of nitrogens with zero attached hydrogens (tertiary/aromatic N) is 2. The lowest BCUT2D eigenvalue weighted by molar-refractivity contribution is 0.249. The molecule has 2 aromatic carbocycles. The van der Waals surface area contributed by atoms with Crippen LogP contribution in [0.4, 0.5) is 16.3 Å². The molecule has 0 saturated carbocycles. The molecule has 1 aliphatic heterocycles. The summed E-state index contributed by atoms with van der Waals surface area (Å²) in [4.78, 5) is 29.4. The van der Waals surface area contributed by atoms with Crippen LogP contribution in [0.15, 0.2) is 35.1 Å².